The molecule has 5 heteroatoms. The molecule has 0 aromatic carbocycles. The number of carbonyl (C=O) groups excluding carboxylic acids is 2. The van der Waals surface area contributed by atoms with Crippen molar-refractivity contribution in [2.75, 3.05) is 19.6 Å². The average molecular weight is 355 g/mol. The molecule has 0 atom stereocenters. The third-order valence-electron chi connectivity index (χ3n) is 5.79. The standard InChI is InChI=1S/C21H29N3O2/c1-3-4-8-19(25)23-13-11-21(12-14-23)10-9-20(26)24(16-21)15-18-7-5-6-17(2)22-18/h3,5-7H,1,4,8-16H2,2H3. The molecule has 2 amide bonds. The van der Waals surface area contributed by atoms with Crippen LogP contribution in [0.25, 0.3) is 0 Å². The molecule has 2 aliphatic heterocycles. The first kappa shape index (κ1) is 18.6. The summed E-state index contributed by atoms with van der Waals surface area (Å²) in [6.07, 6.45) is 6.61. The third kappa shape index (κ3) is 4.32. The zero-order chi connectivity index (χ0) is 18.6. The molecule has 1 spiro atoms. The van der Waals surface area contributed by atoms with Gasteiger partial charge < -0.3 is 9.80 Å². The maximum Gasteiger partial charge on any atom is 0.222 e. The fourth-order valence-electron chi connectivity index (χ4n) is 4.15. The lowest BCUT2D eigenvalue weighted by Crippen LogP contribution is -2.52. The van der Waals surface area contributed by atoms with Gasteiger partial charge in [0.2, 0.25) is 11.8 Å². The molecular weight excluding hydrogens is 326 g/mol. The van der Waals surface area contributed by atoms with E-state index in [1.54, 1.807) is 6.08 Å². The molecule has 2 aliphatic rings. The van der Waals surface area contributed by atoms with E-state index in [-0.39, 0.29) is 17.2 Å². The SMILES string of the molecule is C=CCCC(=O)N1CCC2(CCC(=O)N(Cc3cccc(C)n3)C2)CC1. The molecule has 0 aliphatic carbocycles. The first-order valence-electron chi connectivity index (χ1n) is 9.60. The molecule has 2 saturated heterocycles. The van der Waals surface area contributed by atoms with Gasteiger partial charge in [-0.15, -0.1) is 6.58 Å². The van der Waals surface area contributed by atoms with Crippen LogP contribution in [-0.4, -0.2) is 46.2 Å². The number of aromatic nitrogens is 1. The minimum Gasteiger partial charge on any atom is -0.343 e. The summed E-state index contributed by atoms with van der Waals surface area (Å²) in [7, 11) is 0. The molecule has 5 nitrogen and oxygen atoms in total. The highest BCUT2D eigenvalue weighted by molar-refractivity contribution is 5.77. The maximum absolute atomic E-state index is 12.4. The molecule has 0 N–H and O–H groups in total. The Labute approximate surface area is 156 Å². The molecule has 3 heterocycles. The van der Waals surface area contributed by atoms with Gasteiger partial charge >= 0.3 is 0 Å². The Morgan fingerprint density at radius 2 is 2.08 bits per heavy atom. The highest BCUT2D eigenvalue weighted by Crippen LogP contribution is 2.40. The van der Waals surface area contributed by atoms with Gasteiger partial charge in [-0.3, -0.25) is 14.6 Å². The molecule has 0 bridgehead atoms. The van der Waals surface area contributed by atoms with Crippen LogP contribution in [0.1, 0.15) is 49.9 Å². The topological polar surface area (TPSA) is 53.5 Å². The lowest BCUT2D eigenvalue weighted by atomic mass is 9.72. The molecular formula is C21H29N3O2. The van der Waals surface area contributed by atoms with E-state index in [0.29, 0.717) is 19.4 Å². The van der Waals surface area contributed by atoms with Gasteiger partial charge in [-0.2, -0.15) is 0 Å². The van der Waals surface area contributed by atoms with Crippen molar-refractivity contribution in [2.45, 2.75) is 52.0 Å². The number of rotatable bonds is 5. The first-order chi connectivity index (χ1) is 12.5. The van der Waals surface area contributed by atoms with E-state index in [1.807, 2.05) is 34.9 Å². The Balaban J connectivity index is 1.60. The molecule has 1 aromatic rings. The van der Waals surface area contributed by atoms with E-state index in [1.165, 1.54) is 0 Å². The Morgan fingerprint density at radius 3 is 2.77 bits per heavy atom. The van der Waals surface area contributed by atoms with Crippen molar-refractivity contribution in [2.24, 2.45) is 5.41 Å². The molecule has 0 unspecified atom stereocenters. The van der Waals surface area contributed by atoms with Crippen molar-refractivity contribution >= 4 is 11.8 Å². The molecule has 0 radical (unpaired) electrons. The number of amides is 2. The van der Waals surface area contributed by atoms with Crippen LogP contribution in [0.2, 0.25) is 0 Å². The van der Waals surface area contributed by atoms with Crippen molar-refractivity contribution in [3.8, 4) is 0 Å². The molecule has 1 aromatic heterocycles. The number of likely N-dealkylation sites (tertiary alicyclic amines) is 2. The fraction of sp³-hybridized carbons (Fsp3) is 0.571. The van der Waals surface area contributed by atoms with E-state index >= 15 is 0 Å². The predicted molar refractivity (Wildman–Crippen MR) is 101 cm³/mol. The van der Waals surface area contributed by atoms with Crippen LogP contribution in [0.3, 0.4) is 0 Å². The van der Waals surface area contributed by atoms with Crippen molar-refractivity contribution in [3.05, 3.63) is 42.2 Å². The predicted octanol–water partition coefficient (Wildman–Crippen LogP) is 3.09. The second-order valence-corrected chi connectivity index (χ2v) is 7.73. The van der Waals surface area contributed by atoms with Crippen molar-refractivity contribution in [1.29, 1.82) is 0 Å². The highest BCUT2D eigenvalue weighted by atomic mass is 16.2. The van der Waals surface area contributed by atoms with E-state index in [2.05, 4.69) is 11.6 Å². The summed E-state index contributed by atoms with van der Waals surface area (Å²) in [5.74, 6) is 0.455. The lowest BCUT2D eigenvalue weighted by Gasteiger charge is -2.47. The largest absolute Gasteiger partial charge is 0.343 e. The Bertz CT molecular complexity index is 678. The number of carbonyl (C=O) groups is 2. The van der Waals surface area contributed by atoms with E-state index in [4.69, 9.17) is 0 Å². The van der Waals surface area contributed by atoms with Crippen LogP contribution in [0, 0.1) is 12.3 Å². The highest BCUT2D eigenvalue weighted by Gasteiger charge is 2.41. The number of nitrogens with zero attached hydrogens (tertiary/aromatic N) is 3. The quantitative estimate of drug-likeness (QED) is 0.763. The zero-order valence-corrected chi connectivity index (χ0v) is 15.7. The molecule has 0 saturated carbocycles. The van der Waals surface area contributed by atoms with Gasteiger partial charge in [0.15, 0.2) is 0 Å². The Kier molecular flexibility index (Phi) is 5.74. The van der Waals surface area contributed by atoms with E-state index < -0.39 is 0 Å². The smallest absolute Gasteiger partial charge is 0.222 e. The number of aryl methyl sites for hydroxylation is 1. The summed E-state index contributed by atoms with van der Waals surface area (Å²) in [5, 5.41) is 0. The molecule has 140 valence electrons. The molecule has 2 fully saturated rings. The van der Waals surface area contributed by atoms with Gasteiger partial charge in [0, 0.05) is 38.2 Å². The summed E-state index contributed by atoms with van der Waals surface area (Å²) in [6, 6.07) is 5.96. The van der Waals surface area contributed by atoms with Crippen LogP contribution >= 0.6 is 0 Å². The van der Waals surface area contributed by atoms with Gasteiger partial charge in [0.05, 0.1) is 12.2 Å². The third-order valence-corrected chi connectivity index (χ3v) is 5.79. The van der Waals surface area contributed by atoms with E-state index in [0.717, 1.165) is 56.7 Å². The van der Waals surface area contributed by atoms with Crippen LogP contribution in [0.4, 0.5) is 0 Å². The number of pyridine rings is 1. The summed E-state index contributed by atoms with van der Waals surface area (Å²) in [6.45, 7) is 8.65. The van der Waals surface area contributed by atoms with Gasteiger partial charge in [-0.1, -0.05) is 12.1 Å². The summed E-state index contributed by atoms with van der Waals surface area (Å²) >= 11 is 0. The van der Waals surface area contributed by atoms with Gasteiger partial charge in [0.1, 0.15) is 0 Å². The lowest BCUT2D eigenvalue weighted by molar-refractivity contribution is -0.143. The number of piperidine rings is 2. The van der Waals surface area contributed by atoms with Crippen LogP contribution in [0.5, 0.6) is 0 Å². The second-order valence-electron chi connectivity index (χ2n) is 7.73. The molecule has 3 rings (SSSR count). The summed E-state index contributed by atoms with van der Waals surface area (Å²) in [4.78, 5) is 33.1. The number of allylic oxidation sites excluding steroid dienone is 1. The van der Waals surface area contributed by atoms with Crippen molar-refractivity contribution in [3.63, 3.8) is 0 Å². The van der Waals surface area contributed by atoms with Crippen LogP contribution in [-0.2, 0) is 16.1 Å². The maximum atomic E-state index is 12.4. The van der Waals surface area contributed by atoms with Gasteiger partial charge in [-0.25, -0.2) is 0 Å². The number of hydrogen-bond acceptors (Lipinski definition) is 3. The van der Waals surface area contributed by atoms with Gasteiger partial charge in [0.25, 0.3) is 0 Å². The number of hydrogen-bond donors (Lipinski definition) is 0. The fourth-order valence-corrected chi connectivity index (χ4v) is 4.15. The van der Waals surface area contributed by atoms with Crippen molar-refractivity contribution < 1.29 is 9.59 Å². The minimum absolute atomic E-state index is 0.160. The summed E-state index contributed by atoms with van der Waals surface area (Å²) < 4.78 is 0. The Hall–Kier alpha value is -2.17. The average Bonchev–Trinajstić information content (AvgIpc) is 2.64. The van der Waals surface area contributed by atoms with Crippen LogP contribution < -0.4 is 0 Å². The van der Waals surface area contributed by atoms with Crippen molar-refractivity contribution in [1.82, 2.24) is 14.8 Å². The van der Waals surface area contributed by atoms with Gasteiger partial charge in [-0.05, 0) is 50.2 Å². The van der Waals surface area contributed by atoms with Crippen LogP contribution in [0.15, 0.2) is 30.9 Å². The zero-order valence-electron chi connectivity index (χ0n) is 15.7. The second kappa shape index (κ2) is 8.02. The molecule has 26 heavy (non-hydrogen) atoms. The summed E-state index contributed by atoms with van der Waals surface area (Å²) in [5.41, 5.74) is 2.09. The monoisotopic (exact) mass is 355 g/mol. The normalized spacial score (nSPS) is 19.7. The minimum atomic E-state index is 0.160. The van der Waals surface area contributed by atoms with E-state index in [9.17, 15) is 9.59 Å². The Morgan fingerprint density at radius 1 is 1.31 bits per heavy atom. The first-order valence-corrected chi connectivity index (χ1v) is 9.60.